The highest BCUT2D eigenvalue weighted by Gasteiger charge is 2.08. The molecule has 1 aromatic carbocycles. The van der Waals surface area contributed by atoms with E-state index in [0.717, 1.165) is 30.0 Å². The number of hydrogen-bond donors (Lipinski definition) is 1. The summed E-state index contributed by atoms with van der Waals surface area (Å²) in [6.45, 7) is 3.75. The molecule has 6 heteroatoms. The van der Waals surface area contributed by atoms with Gasteiger partial charge in [0.05, 0.1) is 6.61 Å². The van der Waals surface area contributed by atoms with Gasteiger partial charge in [0, 0.05) is 18.2 Å². The molecule has 0 radical (unpaired) electrons. The molecule has 2 rings (SSSR count). The number of nitrogens with zero attached hydrogens (tertiary/aromatic N) is 2. The van der Waals surface area contributed by atoms with Crippen LogP contribution in [0.2, 0.25) is 0 Å². The molecule has 1 N–H and O–H groups in total. The molecule has 0 amide bonds. The van der Waals surface area contributed by atoms with E-state index in [1.54, 1.807) is 0 Å². The van der Waals surface area contributed by atoms with Crippen LogP contribution in [0.1, 0.15) is 24.7 Å². The Morgan fingerprint density at radius 3 is 2.90 bits per heavy atom. The van der Waals surface area contributed by atoms with E-state index in [2.05, 4.69) is 26.9 Å². The average Bonchev–Trinajstić information content (AvgIpc) is 2.98. The number of hydrogen-bond acceptors (Lipinski definition) is 6. The molecular weight excluding hydrogens is 258 g/mol. The van der Waals surface area contributed by atoms with Crippen LogP contribution in [0.15, 0.2) is 29.1 Å². The third kappa shape index (κ3) is 3.96. The van der Waals surface area contributed by atoms with Crippen LogP contribution in [0.3, 0.4) is 0 Å². The van der Waals surface area contributed by atoms with Gasteiger partial charge in [0.2, 0.25) is 12.2 Å². The van der Waals surface area contributed by atoms with Crippen LogP contribution < -0.4 is 14.8 Å². The predicted octanol–water partition coefficient (Wildman–Crippen LogP) is 2.16. The minimum Gasteiger partial charge on any atom is -0.493 e. The normalized spacial score (nSPS) is 10.5. The van der Waals surface area contributed by atoms with Gasteiger partial charge in [0.1, 0.15) is 11.5 Å². The molecule has 0 unspecified atom stereocenters. The van der Waals surface area contributed by atoms with Crippen LogP contribution in [0.25, 0.3) is 0 Å². The highest BCUT2D eigenvalue weighted by molar-refractivity contribution is 5.40. The lowest BCUT2D eigenvalue weighted by Gasteiger charge is -2.12. The van der Waals surface area contributed by atoms with Gasteiger partial charge >= 0.3 is 0 Å². The molecule has 0 atom stereocenters. The zero-order valence-electron chi connectivity index (χ0n) is 11.8. The first-order valence-corrected chi connectivity index (χ1v) is 6.62. The smallest absolute Gasteiger partial charge is 0.213 e. The van der Waals surface area contributed by atoms with Crippen molar-refractivity contribution in [2.45, 2.75) is 26.5 Å². The van der Waals surface area contributed by atoms with Gasteiger partial charge < -0.3 is 19.3 Å². The minimum absolute atomic E-state index is 0.268. The highest BCUT2D eigenvalue weighted by Crippen LogP contribution is 2.25. The first-order chi connectivity index (χ1) is 9.83. The van der Waals surface area contributed by atoms with E-state index in [9.17, 15) is 0 Å². The molecule has 20 heavy (non-hydrogen) atoms. The standard InChI is InChI=1S/C14H19N3O3/c1-3-6-18-12-5-4-11(8-15-2)13(7-12)19-9-14-16-10-20-17-14/h4-5,7,10,15H,3,6,8-9H2,1-2H3. The van der Waals surface area contributed by atoms with Crippen molar-refractivity contribution in [2.75, 3.05) is 13.7 Å². The maximum atomic E-state index is 5.75. The lowest BCUT2D eigenvalue weighted by molar-refractivity contribution is 0.277. The molecule has 0 saturated carbocycles. The van der Waals surface area contributed by atoms with Crippen molar-refractivity contribution < 1.29 is 14.0 Å². The summed E-state index contributed by atoms with van der Waals surface area (Å²) < 4.78 is 16.0. The van der Waals surface area contributed by atoms with E-state index < -0.39 is 0 Å². The summed E-state index contributed by atoms with van der Waals surface area (Å²) in [5.41, 5.74) is 1.06. The molecule has 0 fully saturated rings. The molecule has 0 aliphatic heterocycles. The fourth-order valence-electron chi connectivity index (χ4n) is 1.71. The van der Waals surface area contributed by atoms with Crippen molar-refractivity contribution in [1.82, 2.24) is 15.5 Å². The van der Waals surface area contributed by atoms with Crippen molar-refractivity contribution in [3.05, 3.63) is 36.0 Å². The first kappa shape index (κ1) is 14.3. The maximum Gasteiger partial charge on any atom is 0.213 e. The molecule has 0 spiro atoms. The summed E-state index contributed by atoms with van der Waals surface area (Å²) in [7, 11) is 1.89. The maximum absolute atomic E-state index is 5.75. The Morgan fingerprint density at radius 2 is 2.20 bits per heavy atom. The molecule has 0 saturated heterocycles. The Bertz CT molecular complexity index is 514. The quantitative estimate of drug-likeness (QED) is 0.797. The second-order valence-corrected chi connectivity index (χ2v) is 4.28. The van der Waals surface area contributed by atoms with Crippen LogP contribution in [-0.4, -0.2) is 23.8 Å². The Morgan fingerprint density at radius 1 is 1.30 bits per heavy atom. The summed E-state index contributed by atoms with van der Waals surface area (Å²) >= 11 is 0. The Hall–Kier alpha value is -2.08. The van der Waals surface area contributed by atoms with Crippen molar-refractivity contribution in [3.63, 3.8) is 0 Å². The van der Waals surface area contributed by atoms with E-state index in [-0.39, 0.29) is 6.61 Å². The van der Waals surface area contributed by atoms with Crippen LogP contribution in [-0.2, 0) is 13.2 Å². The van der Waals surface area contributed by atoms with Gasteiger partial charge in [-0.2, -0.15) is 4.98 Å². The van der Waals surface area contributed by atoms with Gasteiger partial charge in [-0.15, -0.1) is 0 Å². The van der Waals surface area contributed by atoms with Crippen molar-refractivity contribution >= 4 is 0 Å². The molecule has 1 aromatic heterocycles. The molecule has 2 aromatic rings. The van der Waals surface area contributed by atoms with Crippen LogP contribution in [0.4, 0.5) is 0 Å². The fraction of sp³-hybridized carbons (Fsp3) is 0.429. The zero-order chi connectivity index (χ0) is 14.2. The van der Waals surface area contributed by atoms with Crippen LogP contribution >= 0.6 is 0 Å². The topological polar surface area (TPSA) is 69.4 Å². The van der Waals surface area contributed by atoms with E-state index in [1.807, 2.05) is 25.2 Å². The van der Waals surface area contributed by atoms with E-state index >= 15 is 0 Å². The van der Waals surface area contributed by atoms with Gasteiger partial charge in [-0.3, -0.25) is 0 Å². The van der Waals surface area contributed by atoms with Crippen molar-refractivity contribution in [3.8, 4) is 11.5 Å². The van der Waals surface area contributed by atoms with Crippen LogP contribution in [0.5, 0.6) is 11.5 Å². The molecule has 1 heterocycles. The Kier molecular flexibility index (Phi) is 5.37. The van der Waals surface area contributed by atoms with Gasteiger partial charge in [0.15, 0.2) is 6.61 Å². The molecule has 108 valence electrons. The minimum atomic E-state index is 0.268. The highest BCUT2D eigenvalue weighted by atomic mass is 16.5. The van der Waals surface area contributed by atoms with E-state index in [1.165, 1.54) is 6.39 Å². The Balaban J connectivity index is 2.08. The second kappa shape index (κ2) is 7.49. The predicted molar refractivity (Wildman–Crippen MR) is 73.6 cm³/mol. The first-order valence-electron chi connectivity index (χ1n) is 6.62. The van der Waals surface area contributed by atoms with Gasteiger partial charge in [-0.1, -0.05) is 18.1 Å². The fourth-order valence-corrected chi connectivity index (χ4v) is 1.71. The number of benzene rings is 1. The molecule has 0 aliphatic rings. The lowest BCUT2D eigenvalue weighted by Crippen LogP contribution is -2.08. The van der Waals surface area contributed by atoms with Gasteiger partial charge in [0.25, 0.3) is 0 Å². The van der Waals surface area contributed by atoms with Crippen LogP contribution in [0, 0.1) is 0 Å². The Labute approximate surface area is 118 Å². The summed E-state index contributed by atoms with van der Waals surface area (Å²) in [5, 5.41) is 6.83. The third-order valence-electron chi connectivity index (χ3n) is 2.64. The van der Waals surface area contributed by atoms with Crippen molar-refractivity contribution in [2.24, 2.45) is 0 Å². The number of aromatic nitrogens is 2. The molecule has 0 aliphatic carbocycles. The molecule has 0 bridgehead atoms. The number of rotatable bonds is 8. The van der Waals surface area contributed by atoms with Crippen molar-refractivity contribution in [1.29, 1.82) is 0 Å². The largest absolute Gasteiger partial charge is 0.493 e. The van der Waals surface area contributed by atoms with Gasteiger partial charge in [-0.25, -0.2) is 0 Å². The summed E-state index contributed by atoms with van der Waals surface area (Å²) in [5.74, 6) is 2.08. The molecule has 6 nitrogen and oxygen atoms in total. The zero-order valence-corrected chi connectivity index (χ0v) is 11.8. The SMILES string of the molecule is CCCOc1ccc(CNC)c(OCc2ncon2)c1. The summed E-state index contributed by atoms with van der Waals surface area (Å²) in [6.07, 6.45) is 2.26. The molecular formula is C14H19N3O3. The second-order valence-electron chi connectivity index (χ2n) is 4.28. The van der Waals surface area contributed by atoms with E-state index in [4.69, 9.17) is 9.47 Å². The number of nitrogens with one attached hydrogen (secondary N) is 1. The third-order valence-corrected chi connectivity index (χ3v) is 2.64. The van der Waals surface area contributed by atoms with E-state index in [0.29, 0.717) is 12.4 Å². The summed E-state index contributed by atoms with van der Waals surface area (Å²) in [4.78, 5) is 3.93. The lowest BCUT2D eigenvalue weighted by atomic mass is 10.2. The average molecular weight is 277 g/mol. The number of ether oxygens (including phenoxy) is 2. The summed E-state index contributed by atoms with van der Waals surface area (Å²) in [6, 6.07) is 5.83. The van der Waals surface area contributed by atoms with Gasteiger partial charge in [-0.05, 0) is 19.5 Å². The monoisotopic (exact) mass is 277 g/mol.